The van der Waals surface area contributed by atoms with Gasteiger partial charge in [-0.15, -0.1) is 5.10 Å². The summed E-state index contributed by atoms with van der Waals surface area (Å²) in [6.45, 7) is 4.12. The number of carbonyl (C=O) groups excluding carboxylic acids is 1. The quantitative estimate of drug-likeness (QED) is 0.836. The summed E-state index contributed by atoms with van der Waals surface area (Å²) in [7, 11) is 1.69. The fraction of sp³-hybridized carbons (Fsp3) is 0.667. The summed E-state index contributed by atoms with van der Waals surface area (Å²) in [5, 5.41) is 7.56. The molecule has 1 aromatic rings. The molecule has 1 heterocycles. The predicted octanol–water partition coefficient (Wildman–Crippen LogP) is 1.14. The number of halogens is 1. The van der Waals surface area contributed by atoms with Crippen LogP contribution in [0.2, 0.25) is 0 Å². The van der Waals surface area contributed by atoms with Crippen LogP contribution in [0.1, 0.15) is 30.8 Å². The van der Waals surface area contributed by atoms with E-state index in [9.17, 15) is 4.79 Å². The van der Waals surface area contributed by atoms with Crippen molar-refractivity contribution in [2.24, 2.45) is 18.2 Å². The van der Waals surface area contributed by atoms with Crippen molar-refractivity contribution in [1.29, 1.82) is 0 Å². The molecule has 5 nitrogen and oxygen atoms in total. The van der Waals surface area contributed by atoms with Crippen molar-refractivity contribution in [2.45, 2.75) is 20.3 Å². The Morgan fingerprint density at radius 1 is 1.67 bits per heavy atom. The lowest BCUT2D eigenvalue weighted by atomic mass is 9.82. The number of nitrogens with zero attached hydrogens (tertiary/aromatic N) is 3. The van der Waals surface area contributed by atoms with E-state index < -0.39 is 5.41 Å². The Kier molecular flexibility index (Phi) is 3.62. The summed E-state index contributed by atoms with van der Waals surface area (Å²) in [6.07, 6.45) is 0.694. The highest BCUT2D eigenvalue weighted by Crippen LogP contribution is 2.27. The minimum Gasteiger partial charge on any atom is -0.329 e. The second kappa shape index (κ2) is 4.40. The van der Waals surface area contributed by atoms with Crippen LogP contribution in [-0.2, 0) is 7.05 Å². The number of hydrogen-bond donors (Lipinski definition) is 1. The summed E-state index contributed by atoms with van der Waals surface area (Å²) in [5.41, 5.74) is 5.57. The summed E-state index contributed by atoms with van der Waals surface area (Å²) in [6, 6.07) is 0. The first-order valence-electron chi connectivity index (χ1n) is 4.76. The first kappa shape index (κ1) is 12.3. The average Bonchev–Trinajstić information content (AvgIpc) is 2.56. The normalized spacial score (nSPS) is 15.0. The highest BCUT2D eigenvalue weighted by molar-refractivity contribution is 9.10. The van der Waals surface area contributed by atoms with Crippen LogP contribution in [0.3, 0.4) is 0 Å². The van der Waals surface area contributed by atoms with Crippen LogP contribution in [-0.4, -0.2) is 27.3 Å². The molecule has 0 spiro atoms. The highest BCUT2D eigenvalue weighted by atomic mass is 79.9. The van der Waals surface area contributed by atoms with Gasteiger partial charge in [0, 0.05) is 19.0 Å². The lowest BCUT2D eigenvalue weighted by Crippen LogP contribution is -2.36. The van der Waals surface area contributed by atoms with Gasteiger partial charge in [0.05, 0.1) is 0 Å². The smallest absolute Gasteiger partial charge is 0.190 e. The fourth-order valence-corrected chi connectivity index (χ4v) is 1.76. The van der Waals surface area contributed by atoms with Gasteiger partial charge in [-0.2, -0.15) is 0 Å². The van der Waals surface area contributed by atoms with E-state index in [4.69, 9.17) is 5.73 Å². The van der Waals surface area contributed by atoms with Crippen LogP contribution in [0, 0.1) is 5.41 Å². The zero-order chi connectivity index (χ0) is 11.6. The van der Waals surface area contributed by atoms with Crippen LogP contribution >= 0.6 is 15.9 Å². The Morgan fingerprint density at radius 3 is 2.60 bits per heavy atom. The Morgan fingerprint density at radius 2 is 2.27 bits per heavy atom. The van der Waals surface area contributed by atoms with Crippen molar-refractivity contribution in [3.05, 3.63) is 10.3 Å². The monoisotopic (exact) mass is 274 g/mol. The van der Waals surface area contributed by atoms with E-state index in [-0.39, 0.29) is 5.78 Å². The van der Waals surface area contributed by atoms with Gasteiger partial charge in [0.15, 0.2) is 10.4 Å². The number of aryl methyl sites for hydroxylation is 1. The minimum atomic E-state index is -0.544. The van der Waals surface area contributed by atoms with Crippen molar-refractivity contribution in [3.8, 4) is 0 Å². The molecule has 0 radical (unpaired) electrons. The third kappa shape index (κ3) is 2.10. The number of aromatic nitrogens is 3. The number of rotatable bonds is 4. The molecule has 1 aromatic heterocycles. The topological polar surface area (TPSA) is 73.8 Å². The van der Waals surface area contributed by atoms with Crippen LogP contribution < -0.4 is 5.73 Å². The molecule has 1 atom stereocenters. The Labute approximate surface area is 97.2 Å². The van der Waals surface area contributed by atoms with E-state index in [1.54, 1.807) is 7.05 Å². The molecule has 15 heavy (non-hydrogen) atoms. The van der Waals surface area contributed by atoms with Gasteiger partial charge in [0.1, 0.15) is 5.69 Å². The Balaban J connectivity index is 3.14. The van der Waals surface area contributed by atoms with Gasteiger partial charge in [-0.25, -0.2) is 4.68 Å². The summed E-state index contributed by atoms with van der Waals surface area (Å²) < 4.78 is 1.94. The second-order valence-electron chi connectivity index (χ2n) is 3.80. The fourth-order valence-electron chi connectivity index (χ4n) is 1.26. The lowest BCUT2D eigenvalue weighted by Gasteiger charge is -2.24. The van der Waals surface area contributed by atoms with E-state index in [0.29, 0.717) is 23.3 Å². The Bertz CT molecular complexity index is 351. The zero-order valence-electron chi connectivity index (χ0n) is 9.12. The molecule has 6 heteroatoms. The van der Waals surface area contributed by atoms with Crippen LogP contribution in [0.15, 0.2) is 4.60 Å². The molecular weight excluding hydrogens is 260 g/mol. The molecule has 84 valence electrons. The molecule has 0 aromatic carbocycles. The minimum absolute atomic E-state index is 0.0214. The molecule has 0 amide bonds. The summed E-state index contributed by atoms with van der Waals surface area (Å²) in [4.78, 5) is 12.2. The number of hydrogen-bond acceptors (Lipinski definition) is 4. The van der Waals surface area contributed by atoms with Gasteiger partial charge in [-0.3, -0.25) is 4.79 Å². The van der Waals surface area contributed by atoms with E-state index >= 15 is 0 Å². The van der Waals surface area contributed by atoms with Gasteiger partial charge in [-0.05, 0) is 22.4 Å². The summed E-state index contributed by atoms with van der Waals surface area (Å²) >= 11 is 3.21. The molecule has 0 bridgehead atoms. The first-order chi connectivity index (χ1) is 6.96. The largest absolute Gasteiger partial charge is 0.329 e. The lowest BCUT2D eigenvalue weighted by molar-refractivity contribution is 0.0809. The third-order valence-electron chi connectivity index (χ3n) is 2.78. The van der Waals surface area contributed by atoms with Crippen molar-refractivity contribution >= 4 is 21.7 Å². The molecule has 0 aliphatic carbocycles. The maximum Gasteiger partial charge on any atom is 0.190 e. The molecule has 0 aliphatic heterocycles. The van der Waals surface area contributed by atoms with E-state index in [2.05, 4.69) is 26.2 Å². The predicted molar refractivity (Wildman–Crippen MR) is 60.5 cm³/mol. The SMILES string of the molecule is CCC(C)(CN)C(=O)c1c(Br)nnn1C. The number of ketones is 1. The molecule has 0 saturated heterocycles. The Hall–Kier alpha value is -0.750. The van der Waals surface area contributed by atoms with Gasteiger partial charge in [0.25, 0.3) is 0 Å². The highest BCUT2D eigenvalue weighted by Gasteiger charge is 2.34. The van der Waals surface area contributed by atoms with Gasteiger partial charge in [-0.1, -0.05) is 19.1 Å². The van der Waals surface area contributed by atoms with Crippen LogP contribution in [0.4, 0.5) is 0 Å². The van der Waals surface area contributed by atoms with E-state index in [0.717, 1.165) is 0 Å². The van der Waals surface area contributed by atoms with Crippen molar-refractivity contribution in [2.75, 3.05) is 6.54 Å². The van der Waals surface area contributed by atoms with Crippen molar-refractivity contribution in [1.82, 2.24) is 15.0 Å². The average molecular weight is 275 g/mol. The first-order valence-corrected chi connectivity index (χ1v) is 5.55. The van der Waals surface area contributed by atoms with Crippen molar-refractivity contribution in [3.63, 3.8) is 0 Å². The van der Waals surface area contributed by atoms with E-state index in [1.807, 2.05) is 13.8 Å². The maximum absolute atomic E-state index is 12.2. The number of carbonyl (C=O) groups is 1. The number of nitrogens with two attached hydrogens (primary N) is 1. The molecular formula is C9H15BrN4O. The van der Waals surface area contributed by atoms with Crippen LogP contribution in [0.5, 0.6) is 0 Å². The molecule has 0 saturated carbocycles. The molecule has 1 rings (SSSR count). The third-order valence-corrected chi connectivity index (χ3v) is 3.31. The van der Waals surface area contributed by atoms with Gasteiger partial charge >= 0.3 is 0 Å². The standard InChI is InChI=1S/C9H15BrN4O/c1-4-9(2,5-11)7(15)6-8(10)12-13-14(6)3/h4-5,11H2,1-3H3. The molecule has 0 fully saturated rings. The van der Waals surface area contributed by atoms with Crippen molar-refractivity contribution < 1.29 is 4.79 Å². The summed E-state index contributed by atoms with van der Waals surface area (Å²) in [5.74, 6) is -0.0214. The van der Waals surface area contributed by atoms with Crippen LogP contribution in [0.25, 0.3) is 0 Å². The van der Waals surface area contributed by atoms with E-state index in [1.165, 1.54) is 4.68 Å². The second-order valence-corrected chi connectivity index (χ2v) is 4.55. The molecule has 0 aliphatic rings. The van der Waals surface area contributed by atoms with Gasteiger partial charge < -0.3 is 5.73 Å². The maximum atomic E-state index is 12.2. The van der Waals surface area contributed by atoms with Gasteiger partial charge in [0.2, 0.25) is 0 Å². The molecule has 1 unspecified atom stereocenters. The number of Topliss-reactive ketones (excluding diaryl/α,β-unsaturated/α-hetero) is 1. The molecule has 2 N–H and O–H groups in total. The zero-order valence-corrected chi connectivity index (χ0v) is 10.7.